The summed E-state index contributed by atoms with van der Waals surface area (Å²) in [5.74, 6) is -1.09. The third kappa shape index (κ3) is 2.37. The molecule has 6 nitrogen and oxygen atoms in total. The molecule has 0 aromatic heterocycles. The van der Waals surface area contributed by atoms with Crippen molar-refractivity contribution in [2.45, 2.75) is 49.2 Å². The first-order valence-electron chi connectivity index (χ1n) is 8.11. The summed E-state index contributed by atoms with van der Waals surface area (Å²) in [6.07, 6.45) is 0.891. The summed E-state index contributed by atoms with van der Waals surface area (Å²) >= 11 is 0. The fourth-order valence-electron chi connectivity index (χ4n) is 4.25. The van der Waals surface area contributed by atoms with Gasteiger partial charge in [0.05, 0.1) is 13.7 Å². The molecule has 3 saturated heterocycles. The largest absolute Gasteiger partial charge is 0.632 e. The number of aliphatic hydroxyl groups is 1. The number of piperidine rings is 1. The maximum atomic E-state index is 12.6. The zero-order valence-electron chi connectivity index (χ0n) is 13.0. The van der Waals surface area contributed by atoms with Gasteiger partial charge in [-0.2, -0.15) is 0 Å². The van der Waals surface area contributed by atoms with Gasteiger partial charge in [-0.3, -0.25) is 4.79 Å². The molecule has 7 atom stereocenters. The first kappa shape index (κ1) is 15.1. The Bertz CT molecular complexity index is 584. The Labute approximate surface area is 134 Å². The summed E-state index contributed by atoms with van der Waals surface area (Å²) in [6, 6.07) is 8.86. The van der Waals surface area contributed by atoms with Gasteiger partial charge in [0.2, 0.25) is 0 Å². The number of epoxide rings is 1. The van der Waals surface area contributed by atoms with E-state index in [1.54, 1.807) is 19.2 Å². The fourth-order valence-corrected chi connectivity index (χ4v) is 4.25. The number of carbonyl (C=O) groups is 1. The van der Waals surface area contributed by atoms with Crippen molar-refractivity contribution in [2.75, 3.05) is 13.7 Å². The number of hydroxylamine groups is 3. The zero-order valence-corrected chi connectivity index (χ0v) is 13.0. The highest BCUT2D eigenvalue weighted by Gasteiger charge is 2.69. The Morgan fingerprint density at radius 2 is 1.96 bits per heavy atom. The van der Waals surface area contributed by atoms with E-state index in [0.717, 1.165) is 5.56 Å². The van der Waals surface area contributed by atoms with Crippen LogP contribution in [0.25, 0.3) is 0 Å². The molecule has 6 heteroatoms. The van der Waals surface area contributed by atoms with Crippen LogP contribution in [-0.2, 0) is 14.3 Å². The molecule has 1 aromatic carbocycles. The molecular weight excluding hydrogens is 298 g/mol. The van der Waals surface area contributed by atoms with Gasteiger partial charge in [-0.25, -0.2) is 0 Å². The van der Waals surface area contributed by atoms with Gasteiger partial charge in [-0.1, -0.05) is 30.3 Å². The van der Waals surface area contributed by atoms with E-state index in [9.17, 15) is 15.1 Å². The van der Waals surface area contributed by atoms with Crippen LogP contribution in [0.2, 0.25) is 0 Å². The van der Waals surface area contributed by atoms with Crippen molar-refractivity contribution in [2.24, 2.45) is 0 Å². The number of carbonyl (C=O) groups excluding carboxylic acids is 1. The zero-order chi connectivity index (χ0) is 16.2. The minimum absolute atomic E-state index is 0.0361. The number of likely N-dealkylation sites (N-methyl/N-ethyl adjacent to an activating group) is 1. The van der Waals surface area contributed by atoms with Gasteiger partial charge in [0.15, 0.2) is 0 Å². The minimum atomic E-state index is -0.672. The number of hydrogen-bond donors (Lipinski definition) is 1. The molecule has 3 aliphatic rings. The second kappa shape index (κ2) is 5.27. The first-order valence-corrected chi connectivity index (χ1v) is 8.11. The molecule has 124 valence electrons. The van der Waals surface area contributed by atoms with Gasteiger partial charge in [0.1, 0.15) is 36.3 Å². The average Bonchev–Trinajstić information content (AvgIpc) is 3.27. The quantitative estimate of drug-likeness (QED) is 0.386. The van der Waals surface area contributed by atoms with E-state index in [4.69, 9.17) is 9.47 Å². The monoisotopic (exact) mass is 319 g/mol. The molecule has 0 aliphatic carbocycles. The number of benzene rings is 1. The van der Waals surface area contributed by atoms with Gasteiger partial charge >= 0.3 is 5.97 Å². The summed E-state index contributed by atoms with van der Waals surface area (Å²) in [6.45, 7) is -0.286. The number of quaternary nitrogens is 1. The summed E-state index contributed by atoms with van der Waals surface area (Å²) in [4.78, 5) is 12.4. The number of nitrogens with zero attached hydrogens (tertiary/aromatic N) is 1. The lowest BCUT2D eigenvalue weighted by Gasteiger charge is -2.51. The molecule has 0 radical (unpaired) electrons. The molecule has 0 amide bonds. The molecule has 23 heavy (non-hydrogen) atoms. The van der Waals surface area contributed by atoms with Crippen molar-refractivity contribution in [1.82, 2.24) is 0 Å². The van der Waals surface area contributed by atoms with Gasteiger partial charge in [-0.15, -0.1) is 0 Å². The molecule has 3 fully saturated rings. The van der Waals surface area contributed by atoms with Gasteiger partial charge in [-0.05, 0) is 5.56 Å². The number of fused-ring (bicyclic) bond motifs is 5. The highest BCUT2D eigenvalue weighted by atomic mass is 16.6. The Morgan fingerprint density at radius 1 is 1.35 bits per heavy atom. The topological polar surface area (TPSA) is 82.1 Å². The molecule has 0 spiro atoms. The molecule has 2 unspecified atom stereocenters. The average molecular weight is 319 g/mol. The third-order valence-corrected chi connectivity index (χ3v) is 5.60. The Morgan fingerprint density at radius 3 is 2.52 bits per heavy atom. The van der Waals surface area contributed by atoms with Gasteiger partial charge < -0.3 is 24.4 Å². The number of morpholine rings is 1. The summed E-state index contributed by atoms with van der Waals surface area (Å²) in [5, 5.41) is 22.2. The molecule has 3 heterocycles. The van der Waals surface area contributed by atoms with Crippen LogP contribution in [0.4, 0.5) is 0 Å². The number of rotatable bonds is 4. The Kier molecular flexibility index (Phi) is 3.46. The summed E-state index contributed by atoms with van der Waals surface area (Å²) in [7, 11) is 1.70. The van der Waals surface area contributed by atoms with Crippen molar-refractivity contribution in [3.05, 3.63) is 41.1 Å². The maximum absolute atomic E-state index is 12.6. The van der Waals surface area contributed by atoms with Gasteiger partial charge in [0, 0.05) is 12.8 Å². The molecule has 1 aromatic rings. The molecule has 0 saturated carbocycles. The van der Waals surface area contributed by atoms with Crippen LogP contribution >= 0.6 is 0 Å². The third-order valence-electron chi connectivity index (χ3n) is 5.60. The molecule has 4 rings (SSSR count). The van der Waals surface area contributed by atoms with E-state index >= 15 is 0 Å². The molecule has 1 N–H and O–H groups in total. The first-order chi connectivity index (χ1) is 11.0. The molecule has 3 aliphatic heterocycles. The van der Waals surface area contributed by atoms with Crippen LogP contribution in [0.1, 0.15) is 24.3 Å². The van der Waals surface area contributed by atoms with E-state index in [1.165, 1.54) is 0 Å². The Hall–Kier alpha value is -1.47. The van der Waals surface area contributed by atoms with Gasteiger partial charge in [0.25, 0.3) is 0 Å². The highest BCUT2D eigenvalue weighted by molar-refractivity contribution is 5.78. The van der Waals surface area contributed by atoms with Crippen LogP contribution in [0, 0.1) is 5.21 Å². The number of ether oxygens (including phenoxy) is 2. The van der Waals surface area contributed by atoms with Crippen molar-refractivity contribution < 1.29 is 24.0 Å². The van der Waals surface area contributed by atoms with Crippen LogP contribution in [0.5, 0.6) is 0 Å². The highest BCUT2D eigenvalue weighted by Crippen LogP contribution is 2.52. The normalized spacial score (nSPS) is 42.0. The number of esters is 1. The van der Waals surface area contributed by atoms with Crippen LogP contribution in [-0.4, -0.2) is 59.8 Å². The second-order valence-electron chi connectivity index (χ2n) is 6.94. The predicted octanol–water partition coefficient (Wildman–Crippen LogP) is 0.931. The Balaban J connectivity index is 1.44. The van der Waals surface area contributed by atoms with E-state index in [2.05, 4.69) is 0 Å². The lowest BCUT2D eigenvalue weighted by Crippen LogP contribution is -2.58. The summed E-state index contributed by atoms with van der Waals surface area (Å²) < 4.78 is 10.9. The molecule has 2 bridgehead atoms. The van der Waals surface area contributed by atoms with Crippen molar-refractivity contribution in [1.29, 1.82) is 0 Å². The van der Waals surface area contributed by atoms with Crippen molar-refractivity contribution >= 4 is 5.97 Å². The van der Waals surface area contributed by atoms with Crippen LogP contribution < -0.4 is 0 Å². The van der Waals surface area contributed by atoms with Crippen LogP contribution in [0.15, 0.2) is 30.3 Å². The maximum Gasteiger partial charge on any atom is 0.316 e. The van der Waals surface area contributed by atoms with Crippen LogP contribution in [0.3, 0.4) is 0 Å². The smallest absolute Gasteiger partial charge is 0.316 e. The van der Waals surface area contributed by atoms with Crippen molar-refractivity contribution in [3.8, 4) is 0 Å². The standard InChI is InChI=1S/C17H21NO5/c1-18(21)13-7-11(8-14(18)16-15(13)23-16)22-17(20)12(9-19)10-5-3-2-4-6-10/h2-6,11-16,19H,7-9H2,1H3/t11?,12-,13+,14+,15-,16+,18?/m0/s1. The van der Waals surface area contributed by atoms with E-state index in [1.807, 2.05) is 18.2 Å². The number of hydrogen-bond acceptors (Lipinski definition) is 5. The van der Waals surface area contributed by atoms with E-state index in [0.29, 0.717) is 12.8 Å². The fraction of sp³-hybridized carbons (Fsp3) is 0.588. The lowest BCUT2D eigenvalue weighted by atomic mass is 9.97. The van der Waals surface area contributed by atoms with E-state index < -0.39 is 11.9 Å². The molecular formula is C17H21NO5. The predicted molar refractivity (Wildman–Crippen MR) is 81.2 cm³/mol. The summed E-state index contributed by atoms with van der Waals surface area (Å²) in [5.41, 5.74) is 0.745. The second-order valence-corrected chi connectivity index (χ2v) is 6.94. The van der Waals surface area contributed by atoms with E-state index in [-0.39, 0.29) is 41.6 Å². The minimum Gasteiger partial charge on any atom is -0.632 e. The van der Waals surface area contributed by atoms with Crippen molar-refractivity contribution in [3.63, 3.8) is 0 Å². The number of aliphatic hydroxyl groups excluding tert-OH is 1. The lowest BCUT2D eigenvalue weighted by molar-refractivity contribution is -0.911. The SMILES string of the molecule is C[N+]1([O-])[C@@H]2CC(OC(=O)[C@@H](CO)c3ccccc3)C[C@@H]1[C@H]1O[C@H]12.